The first-order valence-corrected chi connectivity index (χ1v) is 7.84. The van der Waals surface area contributed by atoms with E-state index < -0.39 is 0 Å². The maximum Gasteiger partial charge on any atom is 0.335 e. The Morgan fingerprint density at radius 3 is 2.79 bits per heavy atom. The van der Waals surface area contributed by atoms with Crippen molar-refractivity contribution < 1.29 is 9.63 Å². The van der Waals surface area contributed by atoms with Crippen molar-refractivity contribution in [3.63, 3.8) is 0 Å². The van der Waals surface area contributed by atoms with Crippen LogP contribution in [0.4, 0.5) is 0 Å². The van der Waals surface area contributed by atoms with E-state index in [0.29, 0.717) is 18.7 Å². The molecule has 3 aromatic rings. The number of benzene rings is 2. The Morgan fingerprint density at radius 2 is 2.04 bits per heavy atom. The number of oxime groups is 1. The highest BCUT2D eigenvalue weighted by Crippen LogP contribution is 2.17. The quantitative estimate of drug-likeness (QED) is 0.397. The van der Waals surface area contributed by atoms with Gasteiger partial charge in [-0.25, -0.2) is 14.5 Å². The van der Waals surface area contributed by atoms with Gasteiger partial charge >= 0.3 is 5.97 Å². The third kappa shape index (κ3) is 3.84. The number of carbonyl (C=O) groups excluding carboxylic acids is 1. The Labute approximate surface area is 139 Å². The highest BCUT2D eigenvalue weighted by molar-refractivity contribution is 6.03. The SMILES string of the molecule is CCCC(=O)O/N=C(\Cn1cncn1)c1ccc2ccccc2c1. The van der Waals surface area contributed by atoms with Gasteiger partial charge < -0.3 is 4.84 Å². The van der Waals surface area contributed by atoms with Gasteiger partial charge in [0.15, 0.2) is 0 Å². The average Bonchev–Trinajstić information content (AvgIpc) is 3.11. The fourth-order valence-corrected chi connectivity index (χ4v) is 2.37. The van der Waals surface area contributed by atoms with E-state index in [9.17, 15) is 4.79 Å². The van der Waals surface area contributed by atoms with Gasteiger partial charge in [0.25, 0.3) is 0 Å². The fourth-order valence-electron chi connectivity index (χ4n) is 2.37. The predicted molar refractivity (Wildman–Crippen MR) is 91.5 cm³/mol. The summed E-state index contributed by atoms with van der Waals surface area (Å²) in [7, 11) is 0. The minimum absolute atomic E-state index is 0.339. The zero-order valence-electron chi connectivity index (χ0n) is 13.4. The minimum Gasteiger partial charge on any atom is -0.318 e. The van der Waals surface area contributed by atoms with Crippen LogP contribution in [0.15, 0.2) is 60.3 Å². The summed E-state index contributed by atoms with van der Waals surface area (Å²) in [5.74, 6) is -0.339. The lowest BCUT2D eigenvalue weighted by Crippen LogP contribution is -2.14. The largest absolute Gasteiger partial charge is 0.335 e. The molecule has 1 aromatic heterocycles. The maximum atomic E-state index is 11.6. The molecule has 1 heterocycles. The smallest absolute Gasteiger partial charge is 0.318 e. The molecule has 0 saturated heterocycles. The van der Waals surface area contributed by atoms with Crippen LogP contribution < -0.4 is 0 Å². The zero-order valence-corrected chi connectivity index (χ0v) is 13.4. The van der Waals surface area contributed by atoms with E-state index in [0.717, 1.165) is 22.8 Å². The number of hydrogen-bond donors (Lipinski definition) is 0. The minimum atomic E-state index is -0.339. The van der Waals surface area contributed by atoms with Crippen LogP contribution in [0.3, 0.4) is 0 Å². The van der Waals surface area contributed by atoms with Gasteiger partial charge in [0.05, 0.1) is 6.54 Å². The topological polar surface area (TPSA) is 69.4 Å². The van der Waals surface area contributed by atoms with E-state index in [1.54, 1.807) is 11.0 Å². The molecule has 0 spiro atoms. The molecular formula is C18H18N4O2. The van der Waals surface area contributed by atoms with Crippen molar-refractivity contribution in [2.45, 2.75) is 26.3 Å². The third-order valence-corrected chi connectivity index (χ3v) is 3.57. The van der Waals surface area contributed by atoms with Gasteiger partial charge in [-0.15, -0.1) is 0 Å². The monoisotopic (exact) mass is 322 g/mol. The number of carbonyl (C=O) groups is 1. The molecule has 0 aliphatic carbocycles. The molecular weight excluding hydrogens is 304 g/mol. The van der Waals surface area contributed by atoms with Crippen LogP contribution in [-0.4, -0.2) is 26.4 Å². The molecule has 2 aromatic carbocycles. The molecule has 3 rings (SSSR count). The van der Waals surface area contributed by atoms with Gasteiger partial charge in [-0.2, -0.15) is 5.10 Å². The van der Waals surface area contributed by atoms with Gasteiger partial charge in [0.1, 0.15) is 18.4 Å². The summed E-state index contributed by atoms with van der Waals surface area (Å²) in [5.41, 5.74) is 1.50. The van der Waals surface area contributed by atoms with Crippen molar-refractivity contribution in [2.24, 2.45) is 5.16 Å². The predicted octanol–water partition coefficient (Wildman–Crippen LogP) is 3.18. The van der Waals surface area contributed by atoms with Crippen molar-refractivity contribution in [3.05, 3.63) is 60.7 Å². The Balaban J connectivity index is 1.92. The summed E-state index contributed by atoms with van der Waals surface area (Å²) in [6.07, 6.45) is 4.13. The molecule has 0 radical (unpaired) electrons. The van der Waals surface area contributed by atoms with Crippen LogP contribution >= 0.6 is 0 Å². The molecule has 0 unspecified atom stereocenters. The van der Waals surface area contributed by atoms with Gasteiger partial charge in [-0.3, -0.25) is 0 Å². The molecule has 0 atom stereocenters. The lowest BCUT2D eigenvalue weighted by molar-refractivity contribution is -0.143. The molecule has 6 nitrogen and oxygen atoms in total. The Hall–Kier alpha value is -3.02. The molecule has 24 heavy (non-hydrogen) atoms. The molecule has 0 aliphatic heterocycles. The molecule has 0 fully saturated rings. The number of aromatic nitrogens is 3. The second-order valence-electron chi connectivity index (χ2n) is 5.41. The number of hydrogen-bond acceptors (Lipinski definition) is 5. The Kier molecular flexibility index (Phi) is 4.96. The lowest BCUT2D eigenvalue weighted by Gasteiger charge is -2.08. The van der Waals surface area contributed by atoms with E-state index in [4.69, 9.17) is 4.84 Å². The molecule has 0 aliphatic rings. The van der Waals surface area contributed by atoms with Gasteiger partial charge in [-0.1, -0.05) is 48.5 Å². The summed E-state index contributed by atoms with van der Waals surface area (Å²) >= 11 is 0. The normalized spacial score (nSPS) is 11.6. The fraction of sp³-hybridized carbons (Fsp3) is 0.222. The van der Waals surface area contributed by atoms with Gasteiger partial charge in [0, 0.05) is 12.0 Å². The number of rotatable bonds is 6. The van der Waals surface area contributed by atoms with Crippen LogP contribution in [-0.2, 0) is 16.2 Å². The molecule has 0 N–H and O–H groups in total. The molecule has 0 saturated carbocycles. The third-order valence-electron chi connectivity index (χ3n) is 3.57. The highest BCUT2D eigenvalue weighted by Gasteiger charge is 2.09. The van der Waals surface area contributed by atoms with Crippen LogP contribution in [0, 0.1) is 0 Å². The van der Waals surface area contributed by atoms with Crippen molar-refractivity contribution in [3.8, 4) is 0 Å². The van der Waals surface area contributed by atoms with Crippen LogP contribution in [0.5, 0.6) is 0 Å². The van der Waals surface area contributed by atoms with E-state index in [1.807, 2.05) is 43.3 Å². The van der Waals surface area contributed by atoms with Crippen molar-refractivity contribution in [1.82, 2.24) is 14.8 Å². The first-order valence-electron chi connectivity index (χ1n) is 7.84. The van der Waals surface area contributed by atoms with Crippen molar-refractivity contribution >= 4 is 22.5 Å². The van der Waals surface area contributed by atoms with Crippen LogP contribution in [0.1, 0.15) is 25.3 Å². The van der Waals surface area contributed by atoms with E-state index in [2.05, 4.69) is 21.3 Å². The van der Waals surface area contributed by atoms with E-state index in [1.165, 1.54) is 6.33 Å². The van der Waals surface area contributed by atoms with Gasteiger partial charge in [0.2, 0.25) is 0 Å². The summed E-state index contributed by atoms with van der Waals surface area (Å²) in [4.78, 5) is 20.6. The molecule has 0 bridgehead atoms. The molecule has 6 heteroatoms. The zero-order chi connectivity index (χ0) is 16.8. The Morgan fingerprint density at radius 1 is 1.21 bits per heavy atom. The number of nitrogens with zero attached hydrogens (tertiary/aromatic N) is 4. The summed E-state index contributed by atoms with van der Waals surface area (Å²) < 4.78 is 1.64. The van der Waals surface area contributed by atoms with Gasteiger partial charge in [-0.05, 0) is 23.3 Å². The van der Waals surface area contributed by atoms with Crippen molar-refractivity contribution in [1.29, 1.82) is 0 Å². The van der Waals surface area contributed by atoms with Crippen LogP contribution in [0.25, 0.3) is 10.8 Å². The standard InChI is InChI=1S/C18H18N4O2/c1-2-5-18(23)24-21-17(11-22-13-19-12-20-22)16-9-8-14-6-3-4-7-15(14)10-16/h3-4,6-10,12-13H,2,5,11H2,1H3/b21-17+. The molecule has 122 valence electrons. The first-order chi connectivity index (χ1) is 11.8. The van der Waals surface area contributed by atoms with E-state index >= 15 is 0 Å². The maximum absolute atomic E-state index is 11.6. The summed E-state index contributed by atoms with van der Waals surface area (Å²) in [5, 5.41) is 10.4. The van der Waals surface area contributed by atoms with Crippen molar-refractivity contribution in [2.75, 3.05) is 0 Å². The second kappa shape index (κ2) is 7.50. The van der Waals surface area contributed by atoms with Crippen LogP contribution in [0.2, 0.25) is 0 Å². The first kappa shape index (κ1) is 15.9. The summed E-state index contributed by atoms with van der Waals surface area (Å²) in [6, 6.07) is 14.1. The number of fused-ring (bicyclic) bond motifs is 1. The summed E-state index contributed by atoms with van der Waals surface area (Å²) in [6.45, 7) is 2.29. The van der Waals surface area contributed by atoms with E-state index in [-0.39, 0.29) is 5.97 Å². The Bertz CT molecular complexity index is 856. The molecule has 0 amide bonds. The highest BCUT2D eigenvalue weighted by atomic mass is 16.7. The second-order valence-corrected chi connectivity index (χ2v) is 5.41. The lowest BCUT2D eigenvalue weighted by atomic mass is 10.0. The average molecular weight is 322 g/mol.